The fourth-order valence-corrected chi connectivity index (χ4v) is 2.62. The van der Waals surface area contributed by atoms with Gasteiger partial charge in [0.1, 0.15) is 0 Å². The lowest BCUT2D eigenvalue weighted by molar-refractivity contribution is 0.369. The van der Waals surface area contributed by atoms with E-state index in [1.54, 1.807) is 6.07 Å². The van der Waals surface area contributed by atoms with Gasteiger partial charge in [-0.2, -0.15) is 0 Å². The van der Waals surface area contributed by atoms with Crippen LogP contribution in [0.2, 0.25) is 0 Å². The Morgan fingerprint density at radius 1 is 1.29 bits per heavy atom. The molecule has 1 aliphatic rings. The van der Waals surface area contributed by atoms with Crippen LogP contribution in [0.5, 0.6) is 11.5 Å². The molecule has 0 radical (unpaired) electrons. The molecule has 0 bridgehead atoms. The Morgan fingerprint density at radius 3 is 2.71 bits per heavy atom. The molecular weight excluding hydrogens is 214 g/mol. The van der Waals surface area contributed by atoms with Crippen LogP contribution in [0.3, 0.4) is 0 Å². The average molecular weight is 235 g/mol. The highest BCUT2D eigenvalue weighted by atomic mass is 16.3. The lowest BCUT2D eigenvalue weighted by Crippen LogP contribution is -2.31. The smallest absolute Gasteiger partial charge is 0.161 e. The number of phenolic OH excluding ortho intramolecular Hbond substituents is 2. The van der Waals surface area contributed by atoms with Crippen molar-refractivity contribution in [3.05, 3.63) is 23.8 Å². The highest BCUT2D eigenvalue weighted by Crippen LogP contribution is 2.30. The first-order valence-electron chi connectivity index (χ1n) is 6.41. The Labute approximate surface area is 102 Å². The standard InChI is InChI=1S/C14H21NO2/c1-10(11-5-2-3-6-11)15-9-12-7-4-8-13(16)14(12)17/h4,7-8,10-11,15-17H,2-3,5-6,9H2,1H3. The van der Waals surface area contributed by atoms with Gasteiger partial charge in [0.05, 0.1) is 0 Å². The molecule has 0 heterocycles. The first-order chi connectivity index (χ1) is 8.18. The summed E-state index contributed by atoms with van der Waals surface area (Å²) < 4.78 is 0. The predicted octanol–water partition coefficient (Wildman–Crippen LogP) is 2.77. The molecule has 3 heteroatoms. The SMILES string of the molecule is CC(NCc1cccc(O)c1O)C1CCCC1. The molecule has 3 nitrogen and oxygen atoms in total. The fraction of sp³-hybridized carbons (Fsp3) is 0.571. The third kappa shape index (κ3) is 2.91. The number of rotatable bonds is 4. The summed E-state index contributed by atoms with van der Waals surface area (Å²) in [5.74, 6) is 0.714. The van der Waals surface area contributed by atoms with E-state index in [0.717, 1.165) is 11.5 Å². The van der Waals surface area contributed by atoms with Crippen molar-refractivity contribution in [1.29, 1.82) is 0 Å². The van der Waals surface area contributed by atoms with E-state index in [9.17, 15) is 10.2 Å². The molecule has 1 fully saturated rings. The van der Waals surface area contributed by atoms with Crippen LogP contribution in [-0.4, -0.2) is 16.3 Å². The van der Waals surface area contributed by atoms with Crippen LogP contribution in [0.15, 0.2) is 18.2 Å². The van der Waals surface area contributed by atoms with Crippen LogP contribution in [0.25, 0.3) is 0 Å². The Morgan fingerprint density at radius 2 is 2.00 bits per heavy atom. The number of nitrogens with one attached hydrogen (secondary N) is 1. The molecule has 1 aromatic carbocycles. The van der Waals surface area contributed by atoms with Crippen molar-refractivity contribution in [2.45, 2.75) is 45.2 Å². The second kappa shape index (κ2) is 5.41. The minimum absolute atomic E-state index is 0.00128. The summed E-state index contributed by atoms with van der Waals surface area (Å²) in [6.45, 7) is 2.81. The fourth-order valence-electron chi connectivity index (χ4n) is 2.62. The molecule has 94 valence electrons. The largest absolute Gasteiger partial charge is 0.504 e. The van der Waals surface area contributed by atoms with Crippen LogP contribution in [0.1, 0.15) is 38.2 Å². The molecule has 1 saturated carbocycles. The van der Waals surface area contributed by atoms with Gasteiger partial charge in [0.25, 0.3) is 0 Å². The van der Waals surface area contributed by atoms with Crippen molar-refractivity contribution in [3.63, 3.8) is 0 Å². The molecule has 1 unspecified atom stereocenters. The molecule has 0 spiro atoms. The molecule has 0 saturated heterocycles. The minimum atomic E-state index is -0.0437. The van der Waals surface area contributed by atoms with Gasteiger partial charge >= 0.3 is 0 Å². The second-order valence-corrected chi connectivity index (χ2v) is 5.00. The monoisotopic (exact) mass is 235 g/mol. The van der Waals surface area contributed by atoms with Gasteiger partial charge in [-0.25, -0.2) is 0 Å². The maximum atomic E-state index is 9.69. The predicted molar refractivity (Wildman–Crippen MR) is 68.0 cm³/mol. The maximum Gasteiger partial charge on any atom is 0.161 e. The number of hydrogen-bond donors (Lipinski definition) is 3. The number of phenols is 2. The lowest BCUT2D eigenvalue weighted by Gasteiger charge is -2.20. The Bertz CT molecular complexity index is 372. The average Bonchev–Trinajstić information content (AvgIpc) is 2.84. The number of para-hydroxylation sites is 1. The van der Waals surface area contributed by atoms with Crippen LogP contribution in [-0.2, 0) is 6.54 Å². The molecule has 0 amide bonds. The van der Waals surface area contributed by atoms with E-state index in [2.05, 4.69) is 12.2 Å². The highest BCUT2D eigenvalue weighted by Gasteiger charge is 2.21. The van der Waals surface area contributed by atoms with E-state index in [1.165, 1.54) is 31.7 Å². The third-order valence-corrected chi connectivity index (χ3v) is 3.82. The van der Waals surface area contributed by atoms with Crippen LogP contribution < -0.4 is 5.32 Å². The summed E-state index contributed by atoms with van der Waals surface area (Å²) in [6, 6.07) is 5.56. The molecule has 2 rings (SSSR count). The lowest BCUT2D eigenvalue weighted by atomic mass is 9.99. The van der Waals surface area contributed by atoms with Gasteiger partial charge < -0.3 is 15.5 Å². The second-order valence-electron chi connectivity index (χ2n) is 5.00. The summed E-state index contributed by atoms with van der Waals surface area (Å²) in [7, 11) is 0. The summed E-state index contributed by atoms with van der Waals surface area (Å²) >= 11 is 0. The Balaban J connectivity index is 1.90. The van der Waals surface area contributed by atoms with Gasteiger partial charge in [-0.05, 0) is 31.7 Å². The highest BCUT2D eigenvalue weighted by molar-refractivity contribution is 5.44. The molecular formula is C14H21NO2. The van der Waals surface area contributed by atoms with E-state index in [0.29, 0.717) is 12.6 Å². The normalized spacial score (nSPS) is 18.4. The van der Waals surface area contributed by atoms with Gasteiger partial charge in [0, 0.05) is 18.2 Å². The van der Waals surface area contributed by atoms with Crippen LogP contribution >= 0.6 is 0 Å². The first-order valence-corrected chi connectivity index (χ1v) is 6.41. The molecule has 0 aliphatic heterocycles. The van der Waals surface area contributed by atoms with Crippen molar-refractivity contribution in [2.75, 3.05) is 0 Å². The van der Waals surface area contributed by atoms with Crippen molar-refractivity contribution < 1.29 is 10.2 Å². The van der Waals surface area contributed by atoms with Gasteiger partial charge in [0.15, 0.2) is 11.5 Å². The molecule has 17 heavy (non-hydrogen) atoms. The van der Waals surface area contributed by atoms with E-state index < -0.39 is 0 Å². The van der Waals surface area contributed by atoms with Crippen molar-refractivity contribution in [1.82, 2.24) is 5.32 Å². The number of benzene rings is 1. The van der Waals surface area contributed by atoms with Crippen LogP contribution in [0, 0.1) is 5.92 Å². The summed E-state index contributed by atoms with van der Waals surface area (Å²) in [5.41, 5.74) is 0.759. The third-order valence-electron chi connectivity index (χ3n) is 3.82. The van der Waals surface area contributed by atoms with E-state index >= 15 is 0 Å². The molecule has 1 atom stereocenters. The van der Waals surface area contributed by atoms with Crippen molar-refractivity contribution in [2.24, 2.45) is 5.92 Å². The molecule has 1 aliphatic carbocycles. The summed E-state index contributed by atoms with van der Waals surface area (Å²) in [6.07, 6.45) is 5.29. The van der Waals surface area contributed by atoms with Crippen molar-refractivity contribution >= 4 is 0 Å². The van der Waals surface area contributed by atoms with Gasteiger partial charge in [-0.15, -0.1) is 0 Å². The Kier molecular flexibility index (Phi) is 3.89. The van der Waals surface area contributed by atoms with Gasteiger partial charge in [0.2, 0.25) is 0 Å². The van der Waals surface area contributed by atoms with E-state index in [4.69, 9.17) is 0 Å². The topological polar surface area (TPSA) is 52.5 Å². The van der Waals surface area contributed by atoms with Gasteiger partial charge in [-0.3, -0.25) is 0 Å². The van der Waals surface area contributed by atoms with E-state index in [1.807, 2.05) is 6.07 Å². The van der Waals surface area contributed by atoms with E-state index in [-0.39, 0.29) is 11.5 Å². The quantitative estimate of drug-likeness (QED) is 0.703. The van der Waals surface area contributed by atoms with Gasteiger partial charge in [-0.1, -0.05) is 25.0 Å². The number of aromatic hydroxyl groups is 2. The minimum Gasteiger partial charge on any atom is -0.504 e. The molecule has 0 aromatic heterocycles. The number of hydrogen-bond acceptors (Lipinski definition) is 3. The zero-order chi connectivity index (χ0) is 12.3. The molecule has 3 N–H and O–H groups in total. The zero-order valence-corrected chi connectivity index (χ0v) is 10.3. The summed E-state index contributed by atoms with van der Waals surface area (Å²) in [5, 5.41) is 22.5. The Hall–Kier alpha value is -1.22. The maximum absolute atomic E-state index is 9.69. The molecule has 1 aromatic rings. The van der Waals surface area contributed by atoms with Crippen molar-refractivity contribution in [3.8, 4) is 11.5 Å². The summed E-state index contributed by atoms with van der Waals surface area (Å²) in [4.78, 5) is 0. The first kappa shape index (κ1) is 12.2. The van der Waals surface area contributed by atoms with Crippen LogP contribution in [0.4, 0.5) is 0 Å². The zero-order valence-electron chi connectivity index (χ0n) is 10.3.